The summed E-state index contributed by atoms with van der Waals surface area (Å²) in [6.45, 7) is 4.43. The predicted molar refractivity (Wildman–Crippen MR) is 108 cm³/mol. The fraction of sp³-hybridized carbons (Fsp3) is 0.286. The van der Waals surface area contributed by atoms with Gasteiger partial charge in [-0.2, -0.15) is 5.10 Å². The molecular formula is C21H22N6O2. The Balaban J connectivity index is 1.50. The number of Topliss-reactive ketones (excluding diaryl/α,β-unsaturated/α-hetero) is 1. The number of para-hydroxylation sites is 1. The number of aromatic nitrogens is 4. The molecule has 8 nitrogen and oxygen atoms in total. The van der Waals surface area contributed by atoms with Crippen LogP contribution >= 0.6 is 0 Å². The number of carbonyl (C=O) groups excluding carboxylic acids is 2. The number of carbonyl (C=O) groups is 2. The smallest absolute Gasteiger partial charge is 0.257 e. The molecule has 0 radical (unpaired) electrons. The molecule has 2 N–H and O–H groups in total. The van der Waals surface area contributed by atoms with Gasteiger partial charge in [0.2, 0.25) is 0 Å². The molecule has 2 aromatic heterocycles. The molecule has 0 aliphatic carbocycles. The molecule has 4 rings (SSSR count). The average molecular weight is 390 g/mol. The second-order valence-corrected chi connectivity index (χ2v) is 7.21. The number of amides is 1. The monoisotopic (exact) mass is 390 g/mol. The number of nitrogen functional groups attached to an aromatic ring is 1. The SMILES string of the molecule is Cc1ncc(C(=O)N2CC[C@@H](C(=O)c3cnn(-c4ccccc4)c3N)C2)c(C)n1. The van der Waals surface area contributed by atoms with E-state index in [-0.39, 0.29) is 17.6 Å². The third-order valence-electron chi connectivity index (χ3n) is 5.25. The second kappa shape index (κ2) is 7.46. The summed E-state index contributed by atoms with van der Waals surface area (Å²) in [5, 5.41) is 4.27. The number of aryl methyl sites for hydroxylation is 2. The number of ketones is 1. The lowest BCUT2D eigenvalue weighted by molar-refractivity contribution is 0.0778. The van der Waals surface area contributed by atoms with E-state index in [1.165, 1.54) is 6.20 Å². The largest absolute Gasteiger partial charge is 0.383 e. The van der Waals surface area contributed by atoms with Crippen molar-refractivity contribution in [3.05, 3.63) is 65.4 Å². The van der Waals surface area contributed by atoms with Crippen molar-refractivity contribution in [3.8, 4) is 5.69 Å². The van der Waals surface area contributed by atoms with Gasteiger partial charge in [-0.1, -0.05) is 18.2 Å². The molecule has 3 heterocycles. The first-order valence-electron chi connectivity index (χ1n) is 9.48. The highest BCUT2D eigenvalue weighted by atomic mass is 16.2. The van der Waals surface area contributed by atoms with Gasteiger partial charge >= 0.3 is 0 Å². The summed E-state index contributed by atoms with van der Waals surface area (Å²) in [6, 6.07) is 9.42. The Morgan fingerprint density at radius 1 is 1.10 bits per heavy atom. The minimum atomic E-state index is -0.304. The predicted octanol–water partition coefficient (Wildman–Crippen LogP) is 2.21. The highest BCUT2D eigenvalue weighted by molar-refractivity contribution is 6.03. The van der Waals surface area contributed by atoms with Crippen molar-refractivity contribution in [2.24, 2.45) is 5.92 Å². The van der Waals surface area contributed by atoms with Crippen LogP contribution in [0.25, 0.3) is 5.69 Å². The Kier molecular flexibility index (Phi) is 4.84. The minimum absolute atomic E-state index is 0.0862. The molecule has 1 amide bonds. The summed E-state index contributed by atoms with van der Waals surface area (Å²) < 4.78 is 1.55. The van der Waals surface area contributed by atoms with E-state index in [1.807, 2.05) is 30.3 Å². The molecule has 1 saturated heterocycles. The Bertz CT molecular complexity index is 1080. The lowest BCUT2D eigenvalue weighted by Gasteiger charge is -2.17. The van der Waals surface area contributed by atoms with Crippen molar-refractivity contribution in [2.75, 3.05) is 18.8 Å². The molecule has 3 aromatic rings. The van der Waals surface area contributed by atoms with E-state index in [1.54, 1.807) is 29.6 Å². The summed E-state index contributed by atoms with van der Waals surface area (Å²) >= 11 is 0. The number of anilines is 1. The van der Waals surface area contributed by atoms with Gasteiger partial charge in [0.1, 0.15) is 11.6 Å². The maximum absolute atomic E-state index is 13.0. The number of hydrogen-bond donors (Lipinski definition) is 1. The van der Waals surface area contributed by atoms with Crippen molar-refractivity contribution in [3.63, 3.8) is 0 Å². The molecule has 0 spiro atoms. The van der Waals surface area contributed by atoms with Gasteiger partial charge < -0.3 is 10.6 Å². The summed E-state index contributed by atoms with van der Waals surface area (Å²) in [5.74, 6) is 0.400. The minimum Gasteiger partial charge on any atom is -0.383 e. The number of nitrogens with zero attached hydrogens (tertiary/aromatic N) is 5. The molecule has 1 aliphatic heterocycles. The maximum atomic E-state index is 13.0. The van der Waals surface area contributed by atoms with Crippen LogP contribution in [0.3, 0.4) is 0 Å². The molecule has 1 aromatic carbocycles. The van der Waals surface area contributed by atoms with E-state index >= 15 is 0 Å². The van der Waals surface area contributed by atoms with Gasteiger partial charge in [0, 0.05) is 25.2 Å². The second-order valence-electron chi connectivity index (χ2n) is 7.21. The third kappa shape index (κ3) is 3.49. The van der Waals surface area contributed by atoms with Crippen molar-refractivity contribution in [1.82, 2.24) is 24.6 Å². The van der Waals surface area contributed by atoms with Crippen molar-refractivity contribution in [1.29, 1.82) is 0 Å². The van der Waals surface area contributed by atoms with Crippen LogP contribution in [-0.2, 0) is 0 Å². The summed E-state index contributed by atoms with van der Waals surface area (Å²) in [5.41, 5.74) is 8.51. The summed E-state index contributed by atoms with van der Waals surface area (Å²) in [4.78, 5) is 35.9. The highest BCUT2D eigenvalue weighted by Gasteiger charge is 2.34. The van der Waals surface area contributed by atoms with Crippen LogP contribution in [0.5, 0.6) is 0 Å². The first-order valence-corrected chi connectivity index (χ1v) is 9.48. The highest BCUT2D eigenvalue weighted by Crippen LogP contribution is 2.26. The van der Waals surface area contributed by atoms with Crippen molar-refractivity contribution < 1.29 is 9.59 Å². The molecule has 148 valence electrons. The number of hydrogen-bond acceptors (Lipinski definition) is 6. The first-order chi connectivity index (χ1) is 14.0. The zero-order chi connectivity index (χ0) is 20.5. The normalized spacial score (nSPS) is 16.2. The zero-order valence-corrected chi connectivity index (χ0v) is 16.4. The number of likely N-dealkylation sites (tertiary alicyclic amines) is 1. The van der Waals surface area contributed by atoms with E-state index in [4.69, 9.17) is 5.73 Å². The van der Waals surface area contributed by atoms with Crippen molar-refractivity contribution >= 4 is 17.5 Å². The van der Waals surface area contributed by atoms with E-state index in [9.17, 15) is 9.59 Å². The van der Waals surface area contributed by atoms with E-state index < -0.39 is 0 Å². The van der Waals surface area contributed by atoms with Gasteiger partial charge in [0.05, 0.1) is 28.7 Å². The molecule has 0 bridgehead atoms. The van der Waals surface area contributed by atoms with Crippen LogP contribution in [0.15, 0.2) is 42.7 Å². The van der Waals surface area contributed by atoms with E-state index in [0.717, 1.165) is 5.69 Å². The standard InChI is InChI=1S/C21H22N6O2/c1-13-17(10-23-14(2)25-13)21(29)26-9-8-15(12-26)19(28)18-11-24-27(20(18)22)16-6-4-3-5-7-16/h3-7,10-11,15H,8-9,12,22H2,1-2H3/t15-/m1/s1. The first kappa shape index (κ1) is 18.8. The fourth-order valence-corrected chi connectivity index (χ4v) is 3.66. The molecular weight excluding hydrogens is 368 g/mol. The lowest BCUT2D eigenvalue weighted by Crippen LogP contribution is -2.31. The molecule has 0 saturated carbocycles. The van der Waals surface area contributed by atoms with Gasteiger partial charge in [-0.3, -0.25) is 9.59 Å². The third-order valence-corrected chi connectivity index (χ3v) is 5.25. The van der Waals surface area contributed by atoms with Gasteiger partial charge in [-0.15, -0.1) is 0 Å². The van der Waals surface area contributed by atoms with E-state index in [2.05, 4.69) is 15.1 Å². The Morgan fingerprint density at radius 3 is 2.59 bits per heavy atom. The topological polar surface area (TPSA) is 107 Å². The molecule has 1 atom stereocenters. The number of nitrogens with two attached hydrogens (primary N) is 1. The molecule has 1 fully saturated rings. The Labute approximate surface area is 168 Å². The van der Waals surface area contributed by atoms with Gasteiger partial charge in [0.15, 0.2) is 5.78 Å². The Morgan fingerprint density at radius 2 is 1.86 bits per heavy atom. The Hall–Kier alpha value is -3.55. The lowest BCUT2D eigenvalue weighted by atomic mass is 9.98. The van der Waals surface area contributed by atoms with E-state index in [0.29, 0.717) is 48.0 Å². The van der Waals surface area contributed by atoms with Gasteiger partial charge in [-0.05, 0) is 32.4 Å². The van der Waals surface area contributed by atoms with Gasteiger partial charge in [0.25, 0.3) is 5.91 Å². The van der Waals surface area contributed by atoms with Crippen LogP contribution in [0.1, 0.15) is 38.7 Å². The maximum Gasteiger partial charge on any atom is 0.257 e. The van der Waals surface area contributed by atoms with Crippen molar-refractivity contribution in [2.45, 2.75) is 20.3 Å². The van der Waals surface area contributed by atoms with Crippen LogP contribution < -0.4 is 5.73 Å². The molecule has 8 heteroatoms. The molecule has 0 unspecified atom stereocenters. The van der Waals surface area contributed by atoms with Crippen LogP contribution in [0.2, 0.25) is 0 Å². The quantitative estimate of drug-likeness (QED) is 0.685. The van der Waals surface area contributed by atoms with Crippen LogP contribution in [0.4, 0.5) is 5.82 Å². The number of rotatable bonds is 4. The summed E-state index contributed by atoms with van der Waals surface area (Å²) in [7, 11) is 0. The fourth-order valence-electron chi connectivity index (χ4n) is 3.66. The number of benzene rings is 1. The molecule has 1 aliphatic rings. The molecule has 29 heavy (non-hydrogen) atoms. The summed E-state index contributed by atoms with van der Waals surface area (Å²) in [6.07, 6.45) is 3.65. The average Bonchev–Trinajstić information content (AvgIpc) is 3.35. The van der Waals surface area contributed by atoms with Crippen LogP contribution in [-0.4, -0.2) is 49.4 Å². The van der Waals surface area contributed by atoms with Gasteiger partial charge in [-0.25, -0.2) is 14.6 Å². The zero-order valence-electron chi connectivity index (χ0n) is 16.4. The van der Waals surface area contributed by atoms with Crippen LogP contribution in [0, 0.1) is 19.8 Å².